The monoisotopic (exact) mass is 203 g/mol. The van der Waals surface area contributed by atoms with E-state index >= 15 is 0 Å². The van der Waals surface area contributed by atoms with Crippen molar-refractivity contribution < 1.29 is 9.47 Å². The molecule has 14 heavy (non-hydrogen) atoms. The lowest BCUT2D eigenvalue weighted by Crippen LogP contribution is -2.27. The molecule has 1 unspecified atom stereocenters. The fourth-order valence-corrected chi connectivity index (χ4v) is 1.15. The van der Waals surface area contributed by atoms with Crippen LogP contribution in [0.15, 0.2) is 0 Å². The van der Waals surface area contributed by atoms with Crippen molar-refractivity contribution in [2.24, 2.45) is 5.73 Å². The average Bonchev–Trinajstić information content (AvgIpc) is 2.08. The summed E-state index contributed by atoms with van der Waals surface area (Å²) in [7, 11) is 0. The first-order valence-corrected chi connectivity index (χ1v) is 5.45. The van der Waals surface area contributed by atoms with Crippen LogP contribution in [0.5, 0.6) is 0 Å². The van der Waals surface area contributed by atoms with Gasteiger partial charge in [0, 0.05) is 6.54 Å². The summed E-state index contributed by atoms with van der Waals surface area (Å²) >= 11 is 0. The molecule has 0 aliphatic heterocycles. The molecule has 0 aromatic heterocycles. The predicted octanol–water partition coefficient (Wildman–Crippen LogP) is 1.95. The molecule has 2 N–H and O–H groups in total. The Morgan fingerprint density at radius 1 is 1.21 bits per heavy atom. The minimum absolute atomic E-state index is 0.0771. The second kappa shape index (κ2) is 7.21. The van der Waals surface area contributed by atoms with Crippen molar-refractivity contribution in [3.05, 3.63) is 0 Å². The Kier molecular flexibility index (Phi) is 7.15. The normalized spacial score (nSPS) is 14.4. The van der Waals surface area contributed by atoms with Crippen LogP contribution in [0, 0.1) is 0 Å². The molecular weight excluding hydrogens is 178 g/mol. The fourth-order valence-electron chi connectivity index (χ4n) is 1.15. The Hall–Kier alpha value is -0.120. The van der Waals surface area contributed by atoms with E-state index in [2.05, 4.69) is 6.92 Å². The molecule has 1 atom stereocenters. The maximum Gasteiger partial charge on any atom is 0.0707 e. The van der Waals surface area contributed by atoms with Crippen LogP contribution in [0.3, 0.4) is 0 Å². The van der Waals surface area contributed by atoms with Crippen LogP contribution in [0.2, 0.25) is 0 Å². The van der Waals surface area contributed by atoms with Gasteiger partial charge in [0.15, 0.2) is 0 Å². The smallest absolute Gasteiger partial charge is 0.0707 e. The number of hydrogen-bond acceptors (Lipinski definition) is 3. The Balaban J connectivity index is 3.42. The molecule has 86 valence electrons. The predicted molar refractivity (Wildman–Crippen MR) is 59.4 cm³/mol. The first-order chi connectivity index (χ1) is 6.49. The second-order valence-corrected chi connectivity index (χ2v) is 4.48. The largest absolute Gasteiger partial charge is 0.375 e. The van der Waals surface area contributed by atoms with E-state index in [0.29, 0.717) is 19.8 Å². The van der Waals surface area contributed by atoms with Crippen molar-refractivity contribution in [1.82, 2.24) is 0 Å². The quantitative estimate of drug-likeness (QED) is 0.643. The highest BCUT2D eigenvalue weighted by Gasteiger charge is 2.10. The minimum atomic E-state index is -0.0771. The third kappa shape index (κ3) is 8.48. The molecule has 0 aliphatic carbocycles. The summed E-state index contributed by atoms with van der Waals surface area (Å²) in [6.07, 6.45) is 2.34. The summed E-state index contributed by atoms with van der Waals surface area (Å²) in [6.45, 7) is 10.1. The summed E-state index contributed by atoms with van der Waals surface area (Å²) < 4.78 is 11.1. The Labute approximate surface area is 88.0 Å². The summed E-state index contributed by atoms with van der Waals surface area (Å²) in [4.78, 5) is 0. The topological polar surface area (TPSA) is 44.5 Å². The van der Waals surface area contributed by atoms with E-state index in [1.54, 1.807) is 0 Å². The van der Waals surface area contributed by atoms with Crippen LogP contribution < -0.4 is 5.73 Å². The van der Waals surface area contributed by atoms with Gasteiger partial charge in [-0.05, 0) is 27.2 Å². The average molecular weight is 203 g/mol. The summed E-state index contributed by atoms with van der Waals surface area (Å²) in [6, 6.07) is 0. The van der Waals surface area contributed by atoms with Crippen LogP contribution in [-0.2, 0) is 9.47 Å². The Morgan fingerprint density at radius 2 is 1.86 bits per heavy atom. The molecule has 0 rings (SSSR count). The van der Waals surface area contributed by atoms with E-state index < -0.39 is 0 Å². The molecule has 0 saturated carbocycles. The first-order valence-electron chi connectivity index (χ1n) is 5.45. The Bertz CT molecular complexity index is 132. The molecule has 0 amide bonds. The van der Waals surface area contributed by atoms with E-state index in [1.165, 1.54) is 0 Å². The van der Waals surface area contributed by atoms with E-state index in [1.807, 2.05) is 20.8 Å². The molecule has 0 saturated heterocycles. The minimum Gasteiger partial charge on any atom is -0.375 e. The molecule has 0 aromatic carbocycles. The summed E-state index contributed by atoms with van der Waals surface area (Å²) in [5.41, 5.74) is 5.48. The third-order valence-corrected chi connectivity index (χ3v) is 1.85. The van der Waals surface area contributed by atoms with Gasteiger partial charge in [-0.25, -0.2) is 0 Å². The Morgan fingerprint density at radius 3 is 2.29 bits per heavy atom. The number of nitrogens with two attached hydrogens (primary N) is 1. The lowest BCUT2D eigenvalue weighted by molar-refractivity contribution is -0.0511. The molecule has 0 fully saturated rings. The van der Waals surface area contributed by atoms with E-state index in [0.717, 1.165) is 12.8 Å². The van der Waals surface area contributed by atoms with Crippen LogP contribution in [0.25, 0.3) is 0 Å². The van der Waals surface area contributed by atoms with Gasteiger partial charge in [0.25, 0.3) is 0 Å². The maximum absolute atomic E-state index is 5.58. The van der Waals surface area contributed by atoms with Crippen molar-refractivity contribution >= 4 is 0 Å². The molecular formula is C11H25NO2. The molecule has 0 aliphatic rings. The third-order valence-electron chi connectivity index (χ3n) is 1.85. The van der Waals surface area contributed by atoms with Gasteiger partial charge in [-0.3, -0.25) is 0 Å². The number of hydrogen-bond donors (Lipinski definition) is 1. The maximum atomic E-state index is 5.58. The van der Waals surface area contributed by atoms with Gasteiger partial charge in [0.05, 0.1) is 24.9 Å². The van der Waals surface area contributed by atoms with Gasteiger partial charge in [-0.15, -0.1) is 0 Å². The molecule has 3 heteroatoms. The van der Waals surface area contributed by atoms with Gasteiger partial charge in [-0.2, -0.15) is 0 Å². The molecule has 3 nitrogen and oxygen atoms in total. The van der Waals surface area contributed by atoms with Gasteiger partial charge < -0.3 is 15.2 Å². The lowest BCUT2D eigenvalue weighted by Gasteiger charge is -2.21. The number of ether oxygens (including phenoxy) is 2. The zero-order chi connectivity index (χ0) is 11.0. The van der Waals surface area contributed by atoms with Crippen molar-refractivity contribution in [3.63, 3.8) is 0 Å². The van der Waals surface area contributed by atoms with Gasteiger partial charge >= 0.3 is 0 Å². The van der Waals surface area contributed by atoms with Crippen molar-refractivity contribution in [2.75, 3.05) is 19.8 Å². The first kappa shape index (κ1) is 13.9. The molecule has 0 spiro atoms. The lowest BCUT2D eigenvalue weighted by atomic mass is 10.2. The molecule has 0 aromatic rings. The highest BCUT2D eigenvalue weighted by molar-refractivity contribution is 4.60. The van der Waals surface area contributed by atoms with Crippen molar-refractivity contribution in [1.29, 1.82) is 0 Å². The number of rotatable bonds is 7. The van der Waals surface area contributed by atoms with E-state index in [-0.39, 0.29) is 11.7 Å². The van der Waals surface area contributed by atoms with E-state index in [4.69, 9.17) is 15.2 Å². The van der Waals surface area contributed by atoms with Crippen LogP contribution in [0.1, 0.15) is 40.5 Å². The zero-order valence-corrected chi connectivity index (χ0v) is 10.0. The standard InChI is InChI=1S/C11H25NO2/c1-5-6-10(9-12)13-7-8-14-11(2,3)4/h10H,5-9,12H2,1-4H3. The zero-order valence-electron chi connectivity index (χ0n) is 10.0. The van der Waals surface area contributed by atoms with Gasteiger partial charge in [0.2, 0.25) is 0 Å². The van der Waals surface area contributed by atoms with Crippen LogP contribution in [-0.4, -0.2) is 31.5 Å². The van der Waals surface area contributed by atoms with E-state index in [9.17, 15) is 0 Å². The van der Waals surface area contributed by atoms with Crippen molar-refractivity contribution in [3.8, 4) is 0 Å². The summed E-state index contributed by atoms with van der Waals surface area (Å²) in [5.74, 6) is 0. The van der Waals surface area contributed by atoms with Crippen molar-refractivity contribution in [2.45, 2.75) is 52.2 Å². The second-order valence-electron chi connectivity index (χ2n) is 4.48. The molecule has 0 bridgehead atoms. The summed E-state index contributed by atoms with van der Waals surface area (Å²) in [5, 5.41) is 0. The van der Waals surface area contributed by atoms with Gasteiger partial charge in [0.1, 0.15) is 0 Å². The SMILES string of the molecule is CCCC(CN)OCCOC(C)(C)C. The fraction of sp³-hybridized carbons (Fsp3) is 1.00. The molecule has 0 heterocycles. The van der Waals surface area contributed by atoms with Gasteiger partial charge in [-0.1, -0.05) is 13.3 Å². The van der Waals surface area contributed by atoms with Crippen LogP contribution in [0.4, 0.5) is 0 Å². The highest BCUT2D eigenvalue weighted by atomic mass is 16.5. The highest BCUT2D eigenvalue weighted by Crippen LogP contribution is 2.06. The van der Waals surface area contributed by atoms with Crippen LogP contribution >= 0.6 is 0 Å². The molecule has 0 radical (unpaired) electrons.